The molecule has 0 aliphatic carbocycles. The number of nitrogens with zero attached hydrogens (tertiary/aromatic N) is 3. The Morgan fingerprint density at radius 3 is 2.92 bits per heavy atom. The molecule has 3 N–H and O–H groups in total. The second-order valence-corrected chi connectivity index (χ2v) is 6.60. The number of phenolic OH excluding ortho intramolecular Hbond substituents is 1. The quantitative estimate of drug-likeness (QED) is 0.587. The van der Waals surface area contributed by atoms with E-state index < -0.39 is 0 Å². The number of hydrazone groups is 1. The van der Waals surface area contributed by atoms with Gasteiger partial charge in [0.1, 0.15) is 5.75 Å². The number of aromatic nitrogens is 2. The van der Waals surface area contributed by atoms with E-state index in [2.05, 4.69) is 25.4 Å². The van der Waals surface area contributed by atoms with Gasteiger partial charge in [-0.2, -0.15) is 5.10 Å². The largest absolute Gasteiger partial charge is 0.507 e. The number of hydrogen-bond acceptors (Lipinski definition) is 6. The summed E-state index contributed by atoms with van der Waals surface area (Å²) < 4.78 is 0. The van der Waals surface area contributed by atoms with Crippen LogP contribution in [0.3, 0.4) is 0 Å². The number of phenols is 1. The molecule has 0 amide bonds. The number of hydrogen-bond donors (Lipinski definition) is 3. The topological polar surface area (TPSA) is 93.6 Å². The third-order valence-corrected chi connectivity index (χ3v) is 4.77. The second-order valence-electron chi connectivity index (χ2n) is 6.60. The Labute approximate surface area is 145 Å². The first-order chi connectivity index (χ1) is 12.1. The van der Waals surface area contributed by atoms with E-state index in [1.807, 2.05) is 6.07 Å². The summed E-state index contributed by atoms with van der Waals surface area (Å²) in [5.41, 5.74) is 7.34. The van der Waals surface area contributed by atoms with Crippen molar-refractivity contribution in [1.82, 2.24) is 9.97 Å². The van der Waals surface area contributed by atoms with Gasteiger partial charge in [0.2, 0.25) is 5.95 Å². The van der Waals surface area contributed by atoms with Gasteiger partial charge in [-0.15, -0.1) is 0 Å². The monoisotopic (exact) mass is 339 g/mol. The minimum atomic E-state index is -0.230. The van der Waals surface area contributed by atoms with Crippen LogP contribution in [-0.4, -0.2) is 34.4 Å². The van der Waals surface area contributed by atoms with Crippen LogP contribution in [-0.2, 0) is 12.8 Å². The maximum absolute atomic E-state index is 11.4. The summed E-state index contributed by atoms with van der Waals surface area (Å²) in [7, 11) is 0. The fourth-order valence-corrected chi connectivity index (χ4v) is 3.76. The Morgan fingerprint density at radius 1 is 1.32 bits per heavy atom. The molecular formula is C18H21N5O2. The number of aromatic amines is 1. The molecule has 0 unspecified atom stereocenters. The Hall–Kier alpha value is -2.83. The highest BCUT2D eigenvalue weighted by molar-refractivity contribution is 5.88. The third kappa shape index (κ3) is 2.97. The number of aromatic hydroxyl groups is 1. The Morgan fingerprint density at radius 2 is 2.12 bits per heavy atom. The summed E-state index contributed by atoms with van der Waals surface area (Å²) in [6, 6.07) is 3.43. The molecule has 2 aliphatic heterocycles. The molecule has 0 radical (unpaired) electrons. The Kier molecular flexibility index (Phi) is 3.91. The van der Waals surface area contributed by atoms with Crippen LogP contribution in [0.5, 0.6) is 5.75 Å². The van der Waals surface area contributed by atoms with Gasteiger partial charge in [-0.05, 0) is 44.2 Å². The minimum absolute atomic E-state index is 0.230. The van der Waals surface area contributed by atoms with E-state index in [4.69, 9.17) is 0 Å². The molecule has 1 aromatic carbocycles. The molecule has 0 fully saturated rings. The summed E-state index contributed by atoms with van der Waals surface area (Å²) in [5.74, 6) is 0.591. The number of rotatable bonds is 3. The molecule has 2 aromatic rings. The fraction of sp³-hybridized carbons (Fsp3) is 0.389. The van der Waals surface area contributed by atoms with E-state index in [1.54, 1.807) is 13.1 Å². The van der Waals surface area contributed by atoms with Crippen LogP contribution in [0.25, 0.3) is 0 Å². The number of nitrogens with one attached hydrogen (secondary N) is 2. The lowest BCUT2D eigenvalue weighted by Gasteiger charge is -2.37. The lowest BCUT2D eigenvalue weighted by Crippen LogP contribution is -2.34. The maximum Gasteiger partial charge on any atom is 0.252 e. The van der Waals surface area contributed by atoms with E-state index in [1.165, 1.54) is 17.3 Å². The van der Waals surface area contributed by atoms with Gasteiger partial charge in [-0.1, -0.05) is 0 Å². The smallest absolute Gasteiger partial charge is 0.252 e. The van der Waals surface area contributed by atoms with Gasteiger partial charge in [0.05, 0.1) is 6.21 Å². The molecule has 1 aromatic heterocycles. The van der Waals surface area contributed by atoms with Crippen LogP contribution >= 0.6 is 0 Å². The molecule has 130 valence electrons. The number of aryl methyl sites for hydroxylation is 2. The average molecular weight is 339 g/mol. The number of anilines is 2. The zero-order chi connectivity index (χ0) is 17.4. The lowest BCUT2D eigenvalue weighted by atomic mass is 9.89. The highest BCUT2D eigenvalue weighted by Crippen LogP contribution is 2.41. The van der Waals surface area contributed by atoms with Crippen molar-refractivity contribution in [2.45, 2.75) is 32.6 Å². The lowest BCUT2D eigenvalue weighted by molar-refractivity contribution is 0.461. The zero-order valence-electron chi connectivity index (χ0n) is 14.2. The van der Waals surface area contributed by atoms with Gasteiger partial charge >= 0.3 is 0 Å². The molecule has 0 bridgehead atoms. The molecule has 0 saturated carbocycles. The Bertz CT molecular complexity index is 901. The molecule has 2 aliphatic rings. The van der Waals surface area contributed by atoms with Crippen molar-refractivity contribution in [2.75, 3.05) is 23.4 Å². The van der Waals surface area contributed by atoms with E-state index >= 15 is 0 Å². The van der Waals surface area contributed by atoms with Crippen LogP contribution in [0, 0.1) is 6.92 Å². The molecule has 0 atom stereocenters. The number of benzene rings is 1. The predicted molar refractivity (Wildman–Crippen MR) is 97.8 cm³/mol. The van der Waals surface area contributed by atoms with Crippen molar-refractivity contribution >= 4 is 17.9 Å². The van der Waals surface area contributed by atoms with Crippen molar-refractivity contribution in [1.29, 1.82) is 0 Å². The average Bonchev–Trinajstić information content (AvgIpc) is 2.58. The van der Waals surface area contributed by atoms with Crippen LogP contribution in [0.15, 0.2) is 22.0 Å². The number of H-pyrrole nitrogens is 1. The minimum Gasteiger partial charge on any atom is -0.507 e. The van der Waals surface area contributed by atoms with Gasteiger partial charge in [-0.3, -0.25) is 9.78 Å². The zero-order valence-corrected chi connectivity index (χ0v) is 14.2. The molecule has 25 heavy (non-hydrogen) atoms. The maximum atomic E-state index is 11.4. The summed E-state index contributed by atoms with van der Waals surface area (Å²) in [5, 5.41) is 14.8. The standard InChI is InChI=1S/C18H21N5O2/c1-11-8-15(24)21-18(20-11)22-19-10-13-9-12-4-2-6-23-7-3-5-14(16(12)23)17(13)25/h8-10,25H,2-7H2,1H3,(H2,20,21,22,24)/b19-10-. The summed E-state index contributed by atoms with van der Waals surface area (Å²) >= 11 is 0. The van der Waals surface area contributed by atoms with E-state index in [0.29, 0.717) is 17.0 Å². The molecule has 0 spiro atoms. The van der Waals surface area contributed by atoms with Gasteiger partial charge < -0.3 is 10.0 Å². The Balaban J connectivity index is 1.63. The van der Waals surface area contributed by atoms with Gasteiger partial charge in [0, 0.05) is 41.7 Å². The van der Waals surface area contributed by atoms with Crippen LogP contribution in [0.4, 0.5) is 11.6 Å². The fourth-order valence-electron chi connectivity index (χ4n) is 3.76. The highest BCUT2D eigenvalue weighted by Gasteiger charge is 2.27. The van der Waals surface area contributed by atoms with Crippen molar-refractivity contribution < 1.29 is 5.11 Å². The predicted octanol–water partition coefficient (Wildman–Crippen LogP) is 1.93. The normalized spacial score (nSPS) is 16.1. The molecular weight excluding hydrogens is 318 g/mol. The van der Waals surface area contributed by atoms with Crippen LogP contribution < -0.4 is 15.9 Å². The molecule has 3 heterocycles. The summed E-state index contributed by atoms with van der Waals surface area (Å²) in [4.78, 5) is 20.6. The van der Waals surface area contributed by atoms with E-state index in [9.17, 15) is 9.90 Å². The highest BCUT2D eigenvalue weighted by atomic mass is 16.3. The summed E-state index contributed by atoms with van der Waals surface area (Å²) in [6.45, 7) is 3.89. The van der Waals surface area contributed by atoms with Crippen molar-refractivity contribution in [3.8, 4) is 5.75 Å². The van der Waals surface area contributed by atoms with Crippen molar-refractivity contribution in [3.63, 3.8) is 0 Å². The first kappa shape index (κ1) is 15.7. The van der Waals surface area contributed by atoms with E-state index in [0.717, 1.165) is 44.3 Å². The van der Waals surface area contributed by atoms with Crippen molar-refractivity contribution in [3.05, 3.63) is 44.9 Å². The molecule has 7 nitrogen and oxygen atoms in total. The van der Waals surface area contributed by atoms with Crippen LogP contribution in [0.1, 0.15) is 35.2 Å². The van der Waals surface area contributed by atoms with Crippen LogP contribution in [0.2, 0.25) is 0 Å². The molecule has 0 saturated heterocycles. The first-order valence-corrected chi connectivity index (χ1v) is 8.61. The van der Waals surface area contributed by atoms with Gasteiger partial charge in [0.15, 0.2) is 0 Å². The molecule has 4 rings (SSSR count). The van der Waals surface area contributed by atoms with Gasteiger partial charge in [-0.25, -0.2) is 10.4 Å². The molecule has 7 heteroatoms. The van der Waals surface area contributed by atoms with Crippen molar-refractivity contribution in [2.24, 2.45) is 5.10 Å². The van der Waals surface area contributed by atoms with E-state index in [-0.39, 0.29) is 11.5 Å². The van der Waals surface area contributed by atoms with Gasteiger partial charge in [0.25, 0.3) is 5.56 Å². The second kappa shape index (κ2) is 6.23. The first-order valence-electron chi connectivity index (χ1n) is 8.61. The summed E-state index contributed by atoms with van der Waals surface area (Å²) in [6.07, 6.45) is 5.71. The SMILES string of the molecule is Cc1cc(=O)[nH]c(N/N=C\c2cc3c4c(c2O)CCCN4CCC3)n1. The third-order valence-electron chi connectivity index (χ3n) is 4.77.